The number of carbonyl (C=O) groups is 1. The van der Waals surface area contributed by atoms with Crippen LogP contribution in [0.5, 0.6) is 5.75 Å². The van der Waals surface area contributed by atoms with Gasteiger partial charge in [-0.3, -0.25) is 4.79 Å². The number of aromatic nitrogens is 2. The molecular formula is C11H10ClN3O3. The van der Waals surface area contributed by atoms with Gasteiger partial charge in [0.2, 0.25) is 6.39 Å². The second-order valence-corrected chi connectivity index (χ2v) is 4.08. The molecule has 2 N–H and O–H groups in total. The first-order chi connectivity index (χ1) is 8.58. The number of phenols is 1. The van der Waals surface area contributed by atoms with Crippen molar-refractivity contribution in [3.05, 3.63) is 41.0 Å². The zero-order valence-corrected chi connectivity index (χ0v) is 10.2. The Labute approximate surface area is 108 Å². The average molecular weight is 268 g/mol. The first-order valence-corrected chi connectivity index (χ1v) is 5.51. The van der Waals surface area contributed by atoms with Gasteiger partial charge in [-0.05, 0) is 25.1 Å². The zero-order chi connectivity index (χ0) is 13.1. The number of nitrogens with zero attached hydrogens (tertiary/aromatic N) is 2. The number of hydrogen-bond donors (Lipinski definition) is 2. The van der Waals surface area contributed by atoms with E-state index in [1.165, 1.54) is 24.6 Å². The highest BCUT2D eigenvalue weighted by atomic mass is 35.5. The van der Waals surface area contributed by atoms with Gasteiger partial charge in [-0.2, -0.15) is 4.98 Å². The molecule has 1 amide bonds. The maximum Gasteiger partial charge on any atom is 0.255 e. The number of halogens is 1. The first kappa shape index (κ1) is 12.4. The molecule has 1 atom stereocenters. The van der Waals surface area contributed by atoms with Gasteiger partial charge in [-0.25, -0.2) is 0 Å². The molecule has 0 aliphatic heterocycles. The fourth-order valence-corrected chi connectivity index (χ4v) is 1.57. The highest BCUT2D eigenvalue weighted by molar-refractivity contribution is 6.30. The second kappa shape index (κ2) is 5.05. The summed E-state index contributed by atoms with van der Waals surface area (Å²) in [7, 11) is 0. The molecule has 1 aromatic carbocycles. The molecule has 7 heteroatoms. The molecule has 0 saturated heterocycles. The normalized spacial score (nSPS) is 12.1. The molecule has 0 saturated carbocycles. The Morgan fingerprint density at radius 1 is 1.56 bits per heavy atom. The number of aromatic hydroxyl groups is 1. The minimum Gasteiger partial charge on any atom is -0.507 e. The maximum atomic E-state index is 11.9. The van der Waals surface area contributed by atoms with Crippen LogP contribution >= 0.6 is 11.6 Å². The van der Waals surface area contributed by atoms with Gasteiger partial charge < -0.3 is 14.9 Å². The third-order valence-electron chi connectivity index (χ3n) is 2.32. The fourth-order valence-electron chi connectivity index (χ4n) is 1.41. The molecule has 0 aliphatic rings. The molecule has 94 valence electrons. The number of amides is 1. The van der Waals surface area contributed by atoms with Gasteiger partial charge in [0.05, 0.1) is 11.6 Å². The van der Waals surface area contributed by atoms with Gasteiger partial charge in [0, 0.05) is 5.02 Å². The van der Waals surface area contributed by atoms with Crippen molar-refractivity contribution < 1.29 is 14.4 Å². The van der Waals surface area contributed by atoms with E-state index in [1.807, 2.05) is 0 Å². The lowest BCUT2D eigenvalue weighted by Gasteiger charge is -2.10. The lowest BCUT2D eigenvalue weighted by Crippen LogP contribution is -2.27. The first-order valence-electron chi connectivity index (χ1n) is 5.13. The van der Waals surface area contributed by atoms with Crippen LogP contribution in [0.2, 0.25) is 5.02 Å². The molecule has 18 heavy (non-hydrogen) atoms. The quantitative estimate of drug-likeness (QED) is 0.887. The van der Waals surface area contributed by atoms with Crippen molar-refractivity contribution >= 4 is 17.5 Å². The summed E-state index contributed by atoms with van der Waals surface area (Å²) in [6.45, 7) is 1.70. The molecule has 0 fully saturated rings. The summed E-state index contributed by atoms with van der Waals surface area (Å²) in [6, 6.07) is 3.84. The maximum absolute atomic E-state index is 11.9. The third-order valence-corrected chi connectivity index (χ3v) is 2.55. The van der Waals surface area contributed by atoms with Crippen LogP contribution in [0.4, 0.5) is 0 Å². The van der Waals surface area contributed by atoms with E-state index in [0.29, 0.717) is 10.8 Å². The van der Waals surface area contributed by atoms with Gasteiger partial charge in [-0.15, -0.1) is 0 Å². The van der Waals surface area contributed by atoms with E-state index < -0.39 is 11.9 Å². The molecule has 0 radical (unpaired) electrons. The predicted molar refractivity (Wildman–Crippen MR) is 63.3 cm³/mol. The summed E-state index contributed by atoms with van der Waals surface area (Å²) in [4.78, 5) is 15.7. The van der Waals surface area contributed by atoms with Crippen molar-refractivity contribution in [1.82, 2.24) is 15.5 Å². The Bertz CT molecular complexity index is 557. The minimum absolute atomic E-state index is 0.134. The minimum atomic E-state index is -0.443. The van der Waals surface area contributed by atoms with Crippen molar-refractivity contribution in [3.63, 3.8) is 0 Å². The Balaban J connectivity index is 2.12. The summed E-state index contributed by atoms with van der Waals surface area (Å²) in [5.74, 6) is -0.265. The lowest BCUT2D eigenvalue weighted by atomic mass is 10.1. The largest absolute Gasteiger partial charge is 0.507 e. The molecule has 6 nitrogen and oxygen atoms in total. The van der Waals surface area contributed by atoms with Crippen molar-refractivity contribution in [2.45, 2.75) is 13.0 Å². The molecule has 0 unspecified atom stereocenters. The van der Waals surface area contributed by atoms with Crippen LogP contribution in [0.25, 0.3) is 0 Å². The zero-order valence-electron chi connectivity index (χ0n) is 9.42. The molecule has 2 rings (SSSR count). The van der Waals surface area contributed by atoms with Crippen LogP contribution in [0.15, 0.2) is 29.1 Å². The van der Waals surface area contributed by atoms with Crippen molar-refractivity contribution in [2.75, 3.05) is 0 Å². The van der Waals surface area contributed by atoms with Crippen LogP contribution in [-0.2, 0) is 0 Å². The standard InChI is InChI=1S/C11H10ClN3O3/c1-6(10-13-5-18-15-10)14-11(17)8-3-2-7(12)4-9(8)16/h2-6,16H,1H3,(H,14,17)/t6-/m1/s1. The topological polar surface area (TPSA) is 88.2 Å². The Kier molecular flexibility index (Phi) is 3.47. The highest BCUT2D eigenvalue weighted by Gasteiger charge is 2.17. The van der Waals surface area contributed by atoms with Gasteiger partial charge in [0.1, 0.15) is 5.75 Å². The number of nitrogens with one attached hydrogen (secondary N) is 1. The predicted octanol–water partition coefficient (Wildman–Crippen LogP) is 1.92. The second-order valence-electron chi connectivity index (χ2n) is 3.65. The van der Waals surface area contributed by atoms with Crippen LogP contribution in [-0.4, -0.2) is 21.2 Å². The molecule has 0 aliphatic carbocycles. The SMILES string of the molecule is C[C@@H](NC(=O)c1ccc(Cl)cc1O)c1ncon1. The van der Waals surface area contributed by atoms with E-state index >= 15 is 0 Å². The molecular weight excluding hydrogens is 258 g/mol. The van der Waals surface area contributed by atoms with Crippen LogP contribution < -0.4 is 5.32 Å². The number of carbonyl (C=O) groups excluding carboxylic acids is 1. The Morgan fingerprint density at radius 2 is 2.33 bits per heavy atom. The van der Waals surface area contributed by atoms with Crippen molar-refractivity contribution in [3.8, 4) is 5.75 Å². The molecule has 2 aromatic rings. The van der Waals surface area contributed by atoms with Crippen LogP contribution in [0.1, 0.15) is 29.1 Å². The summed E-state index contributed by atoms with van der Waals surface area (Å²) in [5, 5.41) is 16.2. The van der Waals surface area contributed by atoms with E-state index in [4.69, 9.17) is 11.6 Å². The third kappa shape index (κ3) is 2.60. The fraction of sp³-hybridized carbons (Fsp3) is 0.182. The number of rotatable bonds is 3. The van der Waals surface area contributed by atoms with E-state index in [2.05, 4.69) is 20.0 Å². The summed E-state index contributed by atoms with van der Waals surface area (Å²) in [6.07, 6.45) is 1.18. The van der Waals surface area contributed by atoms with Crippen LogP contribution in [0.3, 0.4) is 0 Å². The van der Waals surface area contributed by atoms with E-state index in [0.717, 1.165) is 0 Å². The summed E-state index contributed by atoms with van der Waals surface area (Å²) in [5.41, 5.74) is 0.134. The summed E-state index contributed by atoms with van der Waals surface area (Å²) < 4.78 is 4.58. The van der Waals surface area contributed by atoms with Crippen molar-refractivity contribution in [2.24, 2.45) is 0 Å². The molecule has 1 aromatic heterocycles. The van der Waals surface area contributed by atoms with E-state index in [-0.39, 0.29) is 11.3 Å². The van der Waals surface area contributed by atoms with Crippen LogP contribution in [0, 0.1) is 0 Å². The number of hydrogen-bond acceptors (Lipinski definition) is 5. The van der Waals surface area contributed by atoms with Gasteiger partial charge in [0.15, 0.2) is 5.82 Å². The average Bonchev–Trinajstić information content (AvgIpc) is 2.81. The van der Waals surface area contributed by atoms with Crippen molar-refractivity contribution in [1.29, 1.82) is 0 Å². The molecule has 0 bridgehead atoms. The van der Waals surface area contributed by atoms with Gasteiger partial charge in [-0.1, -0.05) is 16.8 Å². The summed E-state index contributed by atoms with van der Waals surface area (Å²) >= 11 is 5.68. The Hall–Kier alpha value is -2.08. The monoisotopic (exact) mass is 267 g/mol. The number of phenolic OH excluding ortho intramolecular Hbond substituents is 1. The van der Waals surface area contributed by atoms with E-state index in [1.54, 1.807) is 6.92 Å². The molecule has 0 spiro atoms. The van der Waals surface area contributed by atoms with Gasteiger partial charge in [0.25, 0.3) is 5.91 Å². The lowest BCUT2D eigenvalue weighted by molar-refractivity contribution is 0.0935. The highest BCUT2D eigenvalue weighted by Crippen LogP contribution is 2.22. The Morgan fingerprint density at radius 3 is 2.94 bits per heavy atom. The van der Waals surface area contributed by atoms with Gasteiger partial charge >= 0.3 is 0 Å². The molecule has 1 heterocycles. The number of benzene rings is 1. The van der Waals surface area contributed by atoms with E-state index in [9.17, 15) is 9.90 Å². The smallest absolute Gasteiger partial charge is 0.255 e.